The van der Waals surface area contributed by atoms with Gasteiger partial charge in [0.1, 0.15) is 18.1 Å². The number of para-hydroxylation sites is 1. The van der Waals surface area contributed by atoms with E-state index in [4.69, 9.17) is 16.6 Å². The fourth-order valence-corrected chi connectivity index (χ4v) is 3.81. The molecule has 0 fully saturated rings. The molecule has 0 spiro atoms. The number of aliphatic carboxylic acids is 2. The Morgan fingerprint density at radius 3 is 2.19 bits per heavy atom. The number of benzene rings is 1. The Morgan fingerprint density at radius 1 is 0.865 bits per heavy atom. The summed E-state index contributed by atoms with van der Waals surface area (Å²) in [6, 6.07) is 3.66. The monoisotopic (exact) mass is 518 g/mol. The molecule has 3 amide bonds. The minimum absolute atomic E-state index is 0.00715. The van der Waals surface area contributed by atoms with Crippen LogP contribution < -0.4 is 27.4 Å². The van der Waals surface area contributed by atoms with E-state index in [2.05, 4.69) is 20.9 Å². The van der Waals surface area contributed by atoms with Crippen LogP contribution >= 0.6 is 0 Å². The molecule has 3 unspecified atom stereocenters. The van der Waals surface area contributed by atoms with Crippen LogP contribution in [-0.4, -0.2) is 76.1 Å². The molecule has 2 rings (SSSR count). The number of aromatic nitrogens is 1. The number of carbonyl (C=O) groups excluding carboxylic acids is 3. The number of amides is 3. The summed E-state index contributed by atoms with van der Waals surface area (Å²) in [7, 11) is 0. The lowest BCUT2D eigenvalue weighted by Gasteiger charge is -2.24. The molecule has 13 nitrogen and oxygen atoms in total. The number of carboxylic acid groups (broad SMARTS) is 2. The Morgan fingerprint density at radius 2 is 1.54 bits per heavy atom. The van der Waals surface area contributed by atoms with Gasteiger partial charge in [-0.3, -0.25) is 19.2 Å². The largest absolute Gasteiger partial charge is 0.481 e. The number of nitrogens with two attached hydrogens (primary N) is 2. The third-order valence-electron chi connectivity index (χ3n) is 5.78. The highest BCUT2D eigenvalue weighted by Gasteiger charge is 2.30. The van der Waals surface area contributed by atoms with Crippen LogP contribution in [0.1, 0.15) is 37.7 Å². The maximum Gasteiger partial charge on any atom is 0.326 e. The summed E-state index contributed by atoms with van der Waals surface area (Å²) < 4.78 is 0. The molecule has 0 bridgehead atoms. The van der Waals surface area contributed by atoms with Crippen molar-refractivity contribution in [2.45, 2.75) is 56.7 Å². The van der Waals surface area contributed by atoms with Gasteiger partial charge >= 0.3 is 11.9 Å². The highest BCUT2D eigenvalue weighted by Crippen LogP contribution is 2.19. The van der Waals surface area contributed by atoms with Crippen LogP contribution in [0.5, 0.6) is 0 Å². The molecular formula is C24H34N6O7. The zero-order chi connectivity index (χ0) is 27.4. The van der Waals surface area contributed by atoms with Gasteiger partial charge in [0.05, 0.1) is 6.54 Å². The number of H-pyrrole nitrogens is 1. The molecule has 0 aliphatic rings. The predicted molar refractivity (Wildman–Crippen MR) is 134 cm³/mol. The number of hydrogen-bond donors (Lipinski definition) is 8. The van der Waals surface area contributed by atoms with Gasteiger partial charge in [-0.2, -0.15) is 0 Å². The van der Waals surface area contributed by atoms with Gasteiger partial charge in [0.2, 0.25) is 17.7 Å². The number of rotatable bonds is 16. The number of carboxylic acids is 2. The van der Waals surface area contributed by atoms with Crippen LogP contribution in [-0.2, 0) is 30.4 Å². The fourth-order valence-electron chi connectivity index (χ4n) is 3.81. The molecule has 13 heteroatoms. The molecule has 0 radical (unpaired) electrons. The molecular weight excluding hydrogens is 484 g/mol. The van der Waals surface area contributed by atoms with Crippen molar-refractivity contribution in [3.05, 3.63) is 36.0 Å². The third kappa shape index (κ3) is 9.20. The Balaban J connectivity index is 2.29. The smallest absolute Gasteiger partial charge is 0.326 e. The summed E-state index contributed by atoms with van der Waals surface area (Å²) in [6.07, 6.45) is 2.27. The lowest BCUT2D eigenvalue weighted by Crippen LogP contribution is -2.56. The molecule has 2 aromatic rings. The average molecular weight is 519 g/mol. The van der Waals surface area contributed by atoms with Crippen molar-refractivity contribution in [2.24, 2.45) is 11.5 Å². The second kappa shape index (κ2) is 14.6. The summed E-state index contributed by atoms with van der Waals surface area (Å²) in [4.78, 5) is 64.0. The third-order valence-corrected chi connectivity index (χ3v) is 5.78. The molecule has 202 valence electrons. The quantitative estimate of drug-likeness (QED) is 0.130. The number of unbranched alkanes of at least 4 members (excludes halogenated alkanes) is 1. The second-order valence-corrected chi connectivity index (χ2v) is 8.57. The van der Waals surface area contributed by atoms with Gasteiger partial charge in [0.15, 0.2) is 0 Å². The fraction of sp³-hybridized carbons (Fsp3) is 0.458. The van der Waals surface area contributed by atoms with Crippen molar-refractivity contribution in [3.63, 3.8) is 0 Å². The standard InChI is InChI=1S/C24H34N6O7/c25-10-4-3-7-18(24(36)37)29-23(35)19(11-14-13-27-16-6-2-1-5-15(14)16)30-22(34)17(8-9-21(32)33)28-20(31)12-26/h1-2,5-6,13,17-19,27H,3-4,7-12,25-26H2,(H,28,31)(H,29,35)(H,30,34)(H,32,33)(H,36,37). The van der Waals surface area contributed by atoms with E-state index < -0.39 is 60.8 Å². The molecule has 37 heavy (non-hydrogen) atoms. The summed E-state index contributed by atoms with van der Waals surface area (Å²) in [6.45, 7) is -0.0367. The van der Waals surface area contributed by atoms with Crippen LogP contribution in [0.4, 0.5) is 0 Å². The van der Waals surface area contributed by atoms with Crippen LogP contribution in [0.15, 0.2) is 30.5 Å². The van der Waals surface area contributed by atoms with Crippen molar-refractivity contribution in [3.8, 4) is 0 Å². The molecule has 1 aromatic carbocycles. The number of aromatic amines is 1. The van der Waals surface area contributed by atoms with E-state index in [0.717, 1.165) is 10.9 Å². The highest BCUT2D eigenvalue weighted by atomic mass is 16.4. The van der Waals surface area contributed by atoms with Crippen LogP contribution in [0.25, 0.3) is 10.9 Å². The molecule has 3 atom stereocenters. The van der Waals surface area contributed by atoms with Crippen LogP contribution in [0, 0.1) is 0 Å². The Labute approximate surface area is 213 Å². The van der Waals surface area contributed by atoms with E-state index in [1.165, 1.54) is 0 Å². The maximum atomic E-state index is 13.2. The average Bonchev–Trinajstić information content (AvgIpc) is 3.27. The number of fused-ring (bicyclic) bond motifs is 1. The van der Waals surface area contributed by atoms with Gasteiger partial charge in [-0.1, -0.05) is 18.2 Å². The van der Waals surface area contributed by atoms with Crippen LogP contribution in [0.2, 0.25) is 0 Å². The second-order valence-electron chi connectivity index (χ2n) is 8.57. The molecule has 10 N–H and O–H groups in total. The van der Waals surface area contributed by atoms with E-state index in [-0.39, 0.29) is 19.3 Å². The van der Waals surface area contributed by atoms with Crippen LogP contribution in [0.3, 0.4) is 0 Å². The van der Waals surface area contributed by atoms with E-state index >= 15 is 0 Å². The molecule has 1 aromatic heterocycles. The first kappa shape index (κ1) is 29.3. The molecule has 1 heterocycles. The van der Waals surface area contributed by atoms with Crippen molar-refractivity contribution in [1.82, 2.24) is 20.9 Å². The topological polar surface area (TPSA) is 230 Å². The summed E-state index contributed by atoms with van der Waals surface area (Å²) in [5.74, 6) is -4.60. The van der Waals surface area contributed by atoms with Crippen molar-refractivity contribution >= 4 is 40.6 Å². The summed E-state index contributed by atoms with van der Waals surface area (Å²) >= 11 is 0. The summed E-state index contributed by atoms with van der Waals surface area (Å²) in [5, 5.41) is 26.8. The Hall–Kier alpha value is -3.97. The zero-order valence-electron chi connectivity index (χ0n) is 20.4. The molecule has 0 saturated heterocycles. The van der Waals surface area contributed by atoms with Gasteiger partial charge < -0.3 is 42.6 Å². The number of nitrogens with one attached hydrogen (secondary N) is 4. The Bertz CT molecular complexity index is 1100. The summed E-state index contributed by atoms with van der Waals surface area (Å²) in [5.41, 5.74) is 12.3. The minimum Gasteiger partial charge on any atom is -0.481 e. The van der Waals surface area contributed by atoms with E-state index in [1.54, 1.807) is 6.20 Å². The van der Waals surface area contributed by atoms with E-state index in [0.29, 0.717) is 24.9 Å². The molecule has 0 aliphatic heterocycles. The van der Waals surface area contributed by atoms with Gasteiger partial charge in [0, 0.05) is 29.9 Å². The first-order valence-electron chi connectivity index (χ1n) is 12.0. The van der Waals surface area contributed by atoms with E-state index in [9.17, 15) is 29.1 Å². The first-order valence-corrected chi connectivity index (χ1v) is 12.0. The van der Waals surface area contributed by atoms with E-state index in [1.807, 2.05) is 24.3 Å². The number of carbonyl (C=O) groups is 5. The van der Waals surface area contributed by atoms with Gasteiger partial charge in [-0.15, -0.1) is 0 Å². The zero-order valence-corrected chi connectivity index (χ0v) is 20.4. The lowest BCUT2D eigenvalue weighted by atomic mass is 10.0. The van der Waals surface area contributed by atoms with Crippen molar-refractivity contribution < 1.29 is 34.2 Å². The Kier molecular flexibility index (Phi) is 11.5. The number of hydrogen-bond acceptors (Lipinski definition) is 7. The van der Waals surface area contributed by atoms with Gasteiger partial charge in [0.25, 0.3) is 0 Å². The van der Waals surface area contributed by atoms with Gasteiger partial charge in [-0.25, -0.2) is 4.79 Å². The van der Waals surface area contributed by atoms with Crippen molar-refractivity contribution in [2.75, 3.05) is 13.1 Å². The van der Waals surface area contributed by atoms with Gasteiger partial charge in [-0.05, 0) is 43.9 Å². The van der Waals surface area contributed by atoms with Crippen molar-refractivity contribution in [1.29, 1.82) is 0 Å². The minimum atomic E-state index is -1.26. The lowest BCUT2D eigenvalue weighted by molar-refractivity contribution is -0.142. The SMILES string of the molecule is NCCCCC(NC(=O)C(Cc1c[nH]c2ccccc12)NC(=O)C(CCC(=O)O)NC(=O)CN)C(=O)O. The predicted octanol–water partition coefficient (Wildman–Crippen LogP) is -0.798. The highest BCUT2D eigenvalue weighted by molar-refractivity contribution is 5.94. The molecule has 0 saturated carbocycles. The molecule has 0 aliphatic carbocycles. The normalized spacial score (nSPS) is 13.4. The maximum absolute atomic E-state index is 13.2. The first-order chi connectivity index (χ1) is 17.7.